The largest absolute Gasteiger partial charge is 0.507 e. The Kier molecular flexibility index (Phi) is 6.83. The van der Waals surface area contributed by atoms with Gasteiger partial charge in [0.25, 0.3) is 11.7 Å². The van der Waals surface area contributed by atoms with E-state index in [-0.39, 0.29) is 11.3 Å². The molecule has 1 amide bonds. The second kappa shape index (κ2) is 9.52. The Morgan fingerprint density at radius 3 is 2.14 bits per heavy atom. The van der Waals surface area contributed by atoms with Crippen LogP contribution in [0.1, 0.15) is 37.4 Å². The molecule has 0 spiro atoms. The first-order chi connectivity index (χ1) is 14.1. The first-order valence-electron chi connectivity index (χ1n) is 10.2. The number of carbonyl (C=O) groups excluding carboxylic acids is 2. The summed E-state index contributed by atoms with van der Waals surface area (Å²) in [5, 5.41) is 10.9. The van der Waals surface area contributed by atoms with Crippen LogP contribution < -0.4 is 0 Å². The third-order valence-corrected chi connectivity index (χ3v) is 5.47. The minimum atomic E-state index is -0.622. The number of aliphatic hydroxyl groups is 1. The van der Waals surface area contributed by atoms with E-state index in [1.165, 1.54) is 0 Å². The predicted octanol–water partition coefficient (Wildman–Crippen LogP) is 3.84. The quantitative estimate of drug-likeness (QED) is 0.421. The topological polar surface area (TPSA) is 60.9 Å². The molecule has 3 rings (SSSR count). The summed E-state index contributed by atoms with van der Waals surface area (Å²) in [6.45, 7) is 7.44. The number of ketones is 1. The van der Waals surface area contributed by atoms with Gasteiger partial charge < -0.3 is 14.9 Å². The molecule has 1 heterocycles. The fourth-order valence-corrected chi connectivity index (χ4v) is 3.85. The second-order valence-corrected chi connectivity index (χ2v) is 7.15. The Morgan fingerprint density at radius 2 is 1.55 bits per heavy atom. The van der Waals surface area contributed by atoms with Crippen LogP contribution in [0.15, 0.2) is 66.2 Å². The van der Waals surface area contributed by atoms with Gasteiger partial charge in [-0.15, -0.1) is 0 Å². The Labute approximate surface area is 172 Å². The Bertz CT molecular complexity index is 874. The summed E-state index contributed by atoms with van der Waals surface area (Å²) in [7, 11) is 0. The number of amides is 1. The molecule has 2 aromatic carbocycles. The van der Waals surface area contributed by atoms with Crippen molar-refractivity contribution >= 4 is 17.4 Å². The van der Waals surface area contributed by atoms with Crippen molar-refractivity contribution in [2.75, 3.05) is 26.2 Å². The Balaban J connectivity index is 1.98. The predicted molar refractivity (Wildman–Crippen MR) is 114 cm³/mol. The second-order valence-electron chi connectivity index (χ2n) is 7.15. The van der Waals surface area contributed by atoms with Crippen LogP contribution in [0, 0.1) is 0 Å². The lowest BCUT2D eigenvalue weighted by atomic mass is 9.95. The van der Waals surface area contributed by atoms with Gasteiger partial charge in [0.1, 0.15) is 5.76 Å². The van der Waals surface area contributed by atoms with Crippen molar-refractivity contribution in [3.05, 3.63) is 77.4 Å². The number of rotatable bonds is 8. The van der Waals surface area contributed by atoms with Gasteiger partial charge in [0.05, 0.1) is 11.6 Å². The molecule has 1 saturated heterocycles. The highest BCUT2D eigenvalue weighted by Gasteiger charge is 2.45. The van der Waals surface area contributed by atoms with Crippen molar-refractivity contribution in [2.45, 2.75) is 26.3 Å². The molecule has 2 aromatic rings. The van der Waals surface area contributed by atoms with Gasteiger partial charge >= 0.3 is 0 Å². The van der Waals surface area contributed by atoms with E-state index in [1.807, 2.05) is 36.4 Å². The van der Waals surface area contributed by atoms with Crippen LogP contribution in [0.4, 0.5) is 0 Å². The number of likely N-dealkylation sites (tertiary alicyclic amines) is 1. The van der Waals surface area contributed by atoms with E-state index in [0.717, 1.165) is 31.6 Å². The van der Waals surface area contributed by atoms with Gasteiger partial charge in [-0.05, 0) is 31.6 Å². The number of hydrogen-bond acceptors (Lipinski definition) is 4. The van der Waals surface area contributed by atoms with Gasteiger partial charge in [0.2, 0.25) is 0 Å². The normalized spacial score (nSPS) is 18.6. The summed E-state index contributed by atoms with van der Waals surface area (Å²) in [6.07, 6.45) is 0.767. The lowest BCUT2D eigenvalue weighted by Gasteiger charge is -2.26. The number of benzene rings is 2. The molecule has 1 fully saturated rings. The van der Waals surface area contributed by atoms with Gasteiger partial charge in [0, 0.05) is 12.1 Å². The summed E-state index contributed by atoms with van der Waals surface area (Å²) < 4.78 is 0. The first-order valence-corrected chi connectivity index (χ1v) is 10.2. The average Bonchev–Trinajstić information content (AvgIpc) is 3.02. The SMILES string of the molecule is CCN(CC)CCCN1C(=O)C(=O)C(=C(O)c2ccccc2)C1c1ccccc1. The maximum Gasteiger partial charge on any atom is 0.295 e. The zero-order valence-electron chi connectivity index (χ0n) is 17.0. The number of aliphatic hydroxyl groups excluding tert-OH is 1. The molecule has 1 unspecified atom stereocenters. The van der Waals surface area contributed by atoms with E-state index in [0.29, 0.717) is 12.1 Å². The fraction of sp³-hybridized carbons (Fsp3) is 0.333. The number of Topliss-reactive ketones (excluding diaryl/α,β-unsaturated/α-hetero) is 1. The van der Waals surface area contributed by atoms with Crippen molar-refractivity contribution < 1.29 is 14.7 Å². The first kappa shape index (κ1) is 20.8. The molecule has 1 aliphatic rings. The third-order valence-electron chi connectivity index (χ3n) is 5.47. The van der Waals surface area contributed by atoms with Crippen molar-refractivity contribution in [3.63, 3.8) is 0 Å². The molecule has 5 nitrogen and oxygen atoms in total. The highest BCUT2D eigenvalue weighted by Crippen LogP contribution is 2.39. The minimum Gasteiger partial charge on any atom is -0.507 e. The molecule has 1 N–H and O–H groups in total. The zero-order valence-corrected chi connectivity index (χ0v) is 17.0. The standard InChI is InChI=1S/C24H28N2O3/c1-3-25(4-2)16-11-17-26-21(18-12-7-5-8-13-18)20(23(28)24(26)29)22(27)19-14-9-6-10-15-19/h5-10,12-15,21,27H,3-4,11,16-17H2,1-2H3. The van der Waals surface area contributed by atoms with Crippen LogP contribution in [-0.2, 0) is 9.59 Å². The average molecular weight is 392 g/mol. The van der Waals surface area contributed by atoms with Gasteiger partial charge in [-0.2, -0.15) is 0 Å². The van der Waals surface area contributed by atoms with Crippen molar-refractivity contribution in [3.8, 4) is 0 Å². The van der Waals surface area contributed by atoms with Crippen molar-refractivity contribution in [2.24, 2.45) is 0 Å². The van der Waals surface area contributed by atoms with E-state index in [2.05, 4.69) is 18.7 Å². The molecule has 29 heavy (non-hydrogen) atoms. The van der Waals surface area contributed by atoms with Crippen LogP contribution in [0.3, 0.4) is 0 Å². The van der Waals surface area contributed by atoms with E-state index in [4.69, 9.17) is 0 Å². The van der Waals surface area contributed by atoms with Crippen LogP contribution in [0.5, 0.6) is 0 Å². The molecule has 0 aromatic heterocycles. The molecule has 1 aliphatic heterocycles. The Morgan fingerprint density at radius 1 is 0.966 bits per heavy atom. The zero-order chi connectivity index (χ0) is 20.8. The molecule has 0 aliphatic carbocycles. The molecule has 1 atom stereocenters. The van der Waals surface area contributed by atoms with Crippen LogP contribution in [-0.4, -0.2) is 52.8 Å². The van der Waals surface area contributed by atoms with Gasteiger partial charge in [0.15, 0.2) is 0 Å². The molecule has 152 valence electrons. The Hall–Kier alpha value is -2.92. The summed E-state index contributed by atoms with van der Waals surface area (Å²) in [6, 6.07) is 17.8. The molecule has 5 heteroatoms. The highest BCUT2D eigenvalue weighted by molar-refractivity contribution is 6.46. The van der Waals surface area contributed by atoms with Gasteiger partial charge in [-0.1, -0.05) is 74.5 Å². The van der Waals surface area contributed by atoms with E-state index < -0.39 is 17.7 Å². The molecule has 0 bridgehead atoms. The van der Waals surface area contributed by atoms with Crippen molar-refractivity contribution in [1.82, 2.24) is 9.80 Å². The van der Waals surface area contributed by atoms with Crippen LogP contribution in [0.25, 0.3) is 5.76 Å². The summed E-state index contributed by atoms with van der Waals surface area (Å²) in [4.78, 5) is 29.7. The maximum absolute atomic E-state index is 12.9. The van der Waals surface area contributed by atoms with Gasteiger partial charge in [-0.3, -0.25) is 9.59 Å². The smallest absolute Gasteiger partial charge is 0.295 e. The lowest BCUT2D eigenvalue weighted by molar-refractivity contribution is -0.140. The van der Waals surface area contributed by atoms with E-state index in [1.54, 1.807) is 29.2 Å². The van der Waals surface area contributed by atoms with Crippen molar-refractivity contribution in [1.29, 1.82) is 0 Å². The summed E-state index contributed by atoms with van der Waals surface area (Å²) in [5.74, 6) is -1.29. The number of nitrogens with zero attached hydrogens (tertiary/aromatic N) is 2. The van der Waals surface area contributed by atoms with E-state index in [9.17, 15) is 14.7 Å². The molecular formula is C24H28N2O3. The van der Waals surface area contributed by atoms with Gasteiger partial charge in [-0.25, -0.2) is 0 Å². The van der Waals surface area contributed by atoms with Crippen LogP contribution in [0.2, 0.25) is 0 Å². The van der Waals surface area contributed by atoms with E-state index >= 15 is 0 Å². The third kappa shape index (κ3) is 4.40. The molecule has 0 radical (unpaired) electrons. The summed E-state index contributed by atoms with van der Waals surface area (Å²) >= 11 is 0. The summed E-state index contributed by atoms with van der Waals surface area (Å²) in [5.41, 5.74) is 1.52. The van der Waals surface area contributed by atoms with Crippen LogP contribution >= 0.6 is 0 Å². The fourth-order valence-electron chi connectivity index (χ4n) is 3.85. The lowest BCUT2D eigenvalue weighted by Crippen LogP contribution is -2.33. The number of carbonyl (C=O) groups is 2. The molecular weight excluding hydrogens is 364 g/mol. The monoisotopic (exact) mass is 392 g/mol. The maximum atomic E-state index is 12.9. The number of hydrogen-bond donors (Lipinski definition) is 1. The molecule has 0 saturated carbocycles. The minimum absolute atomic E-state index is 0.121. The highest BCUT2D eigenvalue weighted by atomic mass is 16.3.